The average molecular weight is 643 g/mol. The zero-order valence-electron chi connectivity index (χ0n) is 27.4. The monoisotopic (exact) mass is 642 g/mol. The number of carbonyl (C=O) groups excluding carboxylic acids is 2. The number of nitrogens with one attached hydrogen (secondary N) is 1. The zero-order chi connectivity index (χ0) is 33.4. The molecule has 0 spiro atoms. The molecule has 0 bridgehead atoms. The van der Waals surface area contributed by atoms with Crippen molar-refractivity contribution in [3.05, 3.63) is 59.7 Å². The van der Waals surface area contributed by atoms with Gasteiger partial charge in [0.1, 0.15) is 17.2 Å². The van der Waals surface area contributed by atoms with Crippen LogP contribution in [0.25, 0.3) is 0 Å². The van der Waals surface area contributed by atoms with E-state index in [1.807, 2.05) is 51.3 Å². The molecular formula is C32H44F2N8O4. The second-order valence-electron chi connectivity index (χ2n) is 12.7. The molecule has 12 nitrogen and oxygen atoms in total. The highest BCUT2D eigenvalue weighted by Gasteiger charge is 2.31. The number of carbonyl (C=O) groups is 2. The van der Waals surface area contributed by atoms with Gasteiger partial charge in [-0.1, -0.05) is 19.0 Å². The van der Waals surface area contributed by atoms with Crippen LogP contribution in [0.1, 0.15) is 82.9 Å². The topological polar surface area (TPSA) is 130 Å². The number of ether oxygens (including phenoxy) is 1. The molecule has 0 radical (unpaired) electrons. The molecule has 2 fully saturated rings. The summed E-state index contributed by atoms with van der Waals surface area (Å²) in [5, 5.41) is 6.97. The van der Waals surface area contributed by atoms with Crippen LogP contribution in [0.3, 0.4) is 0 Å². The summed E-state index contributed by atoms with van der Waals surface area (Å²) in [6, 6.07) is 4.94. The number of halogens is 2. The van der Waals surface area contributed by atoms with E-state index >= 15 is 0 Å². The third kappa shape index (κ3) is 9.57. The summed E-state index contributed by atoms with van der Waals surface area (Å²) >= 11 is 0. The minimum absolute atomic E-state index is 0.0414. The van der Waals surface area contributed by atoms with Crippen LogP contribution in [0.15, 0.2) is 41.2 Å². The summed E-state index contributed by atoms with van der Waals surface area (Å²) in [7, 11) is 0. The molecule has 46 heavy (non-hydrogen) atoms. The first-order valence-electron chi connectivity index (χ1n) is 15.7. The highest BCUT2D eigenvalue weighted by Crippen LogP contribution is 2.24. The van der Waals surface area contributed by atoms with E-state index in [1.54, 1.807) is 12.4 Å². The number of anilines is 2. The molecule has 1 N–H and O–H groups in total. The Bertz CT molecular complexity index is 1400. The minimum Gasteiger partial charge on any atom is -0.444 e. The largest absolute Gasteiger partial charge is 0.444 e. The van der Waals surface area contributed by atoms with Gasteiger partial charge in [-0.3, -0.25) is 4.79 Å². The van der Waals surface area contributed by atoms with Crippen LogP contribution in [0.5, 0.6) is 0 Å². The van der Waals surface area contributed by atoms with Crippen molar-refractivity contribution in [1.82, 2.24) is 30.3 Å². The van der Waals surface area contributed by atoms with E-state index in [1.165, 1.54) is 0 Å². The molecular weight excluding hydrogens is 598 g/mol. The smallest absolute Gasteiger partial charge is 0.407 e. The number of benzene rings is 1. The summed E-state index contributed by atoms with van der Waals surface area (Å²) in [6.45, 7) is 15.0. The Morgan fingerprint density at radius 2 is 1.61 bits per heavy atom. The van der Waals surface area contributed by atoms with Gasteiger partial charge < -0.3 is 29.3 Å². The van der Waals surface area contributed by atoms with E-state index in [4.69, 9.17) is 9.26 Å². The van der Waals surface area contributed by atoms with Crippen LogP contribution in [0.4, 0.5) is 25.5 Å². The second kappa shape index (κ2) is 15.3. The van der Waals surface area contributed by atoms with Gasteiger partial charge in [-0.2, -0.15) is 4.98 Å². The van der Waals surface area contributed by atoms with Crippen LogP contribution >= 0.6 is 0 Å². The van der Waals surface area contributed by atoms with Crippen LogP contribution in [-0.4, -0.2) is 87.4 Å². The minimum atomic E-state index is -0.539. The van der Waals surface area contributed by atoms with Crippen LogP contribution in [0, 0.1) is 11.6 Å². The Balaban J connectivity index is 0.000000523. The molecule has 2 amide bonds. The number of aromatic nitrogens is 4. The molecule has 0 saturated carbocycles. The molecule has 5 rings (SSSR count). The van der Waals surface area contributed by atoms with Crippen molar-refractivity contribution in [2.75, 3.05) is 42.5 Å². The Morgan fingerprint density at radius 1 is 1.02 bits per heavy atom. The Kier molecular flexibility index (Phi) is 11.5. The van der Waals surface area contributed by atoms with Crippen molar-refractivity contribution in [2.45, 2.75) is 84.4 Å². The zero-order valence-corrected chi connectivity index (χ0v) is 27.4. The number of hydrogen-bond donors (Lipinski definition) is 1. The number of nitrogens with zero attached hydrogens (tertiary/aromatic N) is 7. The highest BCUT2D eigenvalue weighted by molar-refractivity contribution is 5.94. The molecule has 1 atom stereocenters. The Labute approximate surface area is 268 Å². The summed E-state index contributed by atoms with van der Waals surface area (Å²) in [5.41, 5.74) is -0.0674. The lowest BCUT2D eigenvalue weighted by Crippen LogP contribution is -2.47. The van der Waals surface area contributed by atoms with Gasteiger partial charge in [-0.05, 0) is 71.2 Å². The normalized spacial score (nSPS) is 17.0. The van der Waals surface area contributed by atoms with Gasteiger partial charge in [0.2, 0.25) is 5.95 Å². The molecule has 4 heterocycles. The third-order valence-electron chi connectivity index (χ3n) is 7.61. The first-order valence-corrected chi connectivity index (χ1v) is 15.7. The molecule has 2 aromatic heterocycles. The van der Waals surface area contributed by atoms with Crippen LogP contribution < -0.4 is 15.1 Å². The molecule has 2 aliphatic heterocycles. The Hall–Kier alpha value is -4.36. The van der Waals surface area contributed by atoms with Crippen molar-refractivity contribution in [3.63, 3.8) is 0 Å². The predicted molar refractivity (Wildman–Crippen MR) is 169 cm³/mol. The SMILES string of the molecule is CCN(C(=O)c1cnc(N2CCC(NC(=O)OC(C)(C)C)C2)nc1)C1CCN(c2nc(C(C)C)no2)CC1.Fc1ccc(F)cc1. The van der Waals surface area contributed by atoms with E-state index < -0.39 is 23.3 Å². The maximum Gasteiger partial charge on any atom is 0.407 e. The lowest BCUT2D eigenvalue weighted by molar-refractivity contribution is 0.0508. The van der Waals surface area contributed by atoms with E-state index in [-0.39, 0.29) is 23.9 Å². The molecule has 2 aliphatic rings. The standard InChI is InChI=1S/C26H40N8O4.C6H4F2/c1-7-34(20-9-12-32(13-10-20)24-30-21(17(2)3)31-38-24)22(35)18-14-27-23(28-15-18)33-11-8-19(16-33)29-25(36)37-26(4,5)6;7-5-1-2-6(8)4-3-5/h14-15,17,19-20H,7-13,16H2,1-6H3,(H,29,36);1-4H. The fraction of sp³-hybridized carbons (Fsp3) is 0.562. The quantitative estimate of drug-likeness (QED) is 0.368. The van der Waals surface area contributed by atoms with Gasteiger partial charge >= 0.3 is 12.1 Å². The molecule has 0 aliphatic carbocycles. The molecule has 1 aromatic carbocycles. The van der Waals surface area contributed by atoms with E-state index in [2.05, 4.69) is 30.3 Å². The highest BCUT2D eigenvalue weighted by atomic mass is 19.1. The summed E-state index contributed by atoms with van der Waals surface area (Å²) < 4.78 is 34.6. The summed E-state index contributed by atoms with van der Waals surface area (Å²) in [5.74, 6) is 0.583. The number of piperidine rings is 1. The van der Waals surface area contributed by atoms with Crippen molar-refractivity contribution in [2.24, 2.45) is 0 Å². The van der Waals surface area contributed by atoms with Crippen molar-refractivity contribution in [3.8, 4) is 0 Å². The molecule has 1 unspecified atom stereocenters. The maximum atomic E-state index is 13.3. The lowest BCUT2D eigenvalue weighted by Gasteiger charge is -2.37. The first kappa shape index (κ1) is 34.5. The van der Waals surface area contributed by atoms with E-state index in [0.29, 0.717) is 43.0 Å². The van der Waals surface area contributed by atoms with Crippen molar-refractivity contribution < 1.29 is 27.6 Å². The lowest BCUT2D eigenvalue weighted by atomic mass is 10.0. The van der Waals surface area contributed by atoms with Crippen LogP contribution in [-0.2, 0) is 4.74 Å². The van der Waals surface area contributed by atoms with E-state index in [0.717, 1.165) is 56.6 Å². The number of amides is 2. The third-order valence-corrected chi connectivity index (χ3v) is 7.61. The number of rotatable bonds is 7. The second-order valence-corrected chi connectivity index (χ2v) is 12.7. The van der Waals surface area contributed by atoms with Crippen molar-refractivity contribution >= 4 is 24.0 Å². The summed E-state index contributed by atoms with van der Waals surface area (Å²) in [6.07, 6.45) is 5.18. The van der Waals surface area contributed by atoms with Gasteiger partial charge in [0.25, 0.3) is 5.91 Å². The Morgan fingerprint density at radius 3 is 2.13 bits per heavy atom. The van der Waals surface area contributed by atoms with Gasteiger partial charge in [0.15, 0.2) is 5.82 Å². The fourth-order valence-corrected chi connectivity index (χ4v) is 5.25. The molecule has 14 heteroatoms. The maximum absolute atomic E-state index is 13.3. The van der Waals surface area contributed by atoms with Gasteiger partial charge in [0.05, 0.1) is 11.6 Å². The van der Waals surface area contributed by atoms with E-state index in [9.17, 15) is 18.4 Å². The van der Waals surface area contributed by atoms with Gasteiger partial charge in [-0.15, -0.1) is 0 Å². The van der Waals surface area contributed by atoms with Crippen LogP contribution in [0.2, 0.25) is 0 Å². The van der Waals surface area contributed by atoms with Gasteiger partial charge in [0, 0.05) is 57.1 Å². The first-order chi connectivity index (χ1) is 21.8. The molecule has 250 valence electrons. The molecule has 3 aromatic rings. The van der Waals surface area contributed by atoms with Gasteiger partial charge in [-0.25, -0.2) is 23.5 Å². The predicted octanol–water partition coefficient (Wildman–Crippen LogP) is 5.18. The number of hydrogen-bond acceptors (Lipinski definition) is 10. The fourth-order valence-electron chi connectivity index (χ4n) is 5.25. The molecule has 2 saturated heterocycles. The summed E-state index contributed by atoms with van der Waals surface area (Å²) in [4.78, 5) is 44.9. The van der Waals surface area contributed by atoms with Crippen molar-refractivity contribution in [1.29, 1.82) is 0 Å². The average Bonchev–Trinajstić information content (AvgIpc) is 3.70. The number of alkyl carbamates (subject to hydrolysis) is 1.